The minimum Gasteiger partial charge on any atom is -0.406 e. The highest BCUT2D eigenvalue weighted by atomic mass is 35.5. The van der Waals surface area contributed by atoms with Gasteiger partial charge in [0.2, 0.25) is 10.0 Å². The molecule has 2 aromatic rings. The van der Waals surface area contributed by atoms with Crippen LogP contribution in [0.3, 0.4) is 0 Å². The number of halogens is 4. The molecule has 0 radical (unpaired) electrons. The van der Waals surface area contributed by atoms with Crippen LogP contribution in [0.5, 0.6) is 5.75 Å². The minimum atomic E-state index is -4.83. The van der Waals surface area contributed by atoms with Gasteiger partial charge in [-0.05, 0) is 42.5 Å². The number of amides is 1. The predicted octanol–water partition coefficient (Wildman–Crippen LogP) is 3.14. The Morgan fingerprint density at radius 1 is 1.12 bits per heavy atom. The lowest BCUT2D eigenvalue weighted by Crippen LogP contribution is -2.17. The van der Waals surface area contributed by atoms with Crippen molar-refractivity contribution < 1.29 is 31.1 Å². The maximum Gasteiger partial charge on any atom is 0.573 e. The number of rotatable bonds is 4. The van der Waals surface area contributed by atoms with Crippen molar-refractivity contribution in [3.63, 3.8) is 0 Å². The maximum absolute atomic E-state index is 12.2. The lowest BCUT2D eigenvalue weighted by atomic mass is 10.2. The van der Waals surface area contributed by atoms with E-state index in [2.05, 4.69) is 10.1 Å². The van der Waals surface area contributed by atoms with Gasteiger partial charge in [-0.1, -0.05) is 11.6 Å². The van der Waals surface area contributed by atoms with Crippen LogP contribution in [-0.4, -0.2) is 20.7 Å². The van der Waals surface area contributed by atoms with Crippen LogP contribution in [0.15, 0.2) is 47.4 Å². The molecule has 0 bridgehead atoms. The SMILES string of the molecule is NS(=O)(=O)c1ccc(Cl)c(C(=O)Nc2ccc(OC(F)(F)F)cc2)c1. The predicted molar refractivity (Wildman–Crippen MR) is 83.9 cm³/mol. The zero-order valence-electron chi connectivity index (χ0n) is 12.2. The Bertz CT molecular complexity index is 899. The Balaban J connectivity index is 2.20. The molecule has 0 aliphatic carbocycles. The largest absolute Gasteiger partial charge is 0.573 e. The summed E-state index contributed by atoms with van der Waals surface area (Å²) in [6.45, 7) is 0. The summed E-state index contributed by atoms with van der Waals surface area (Å²) in [5.74, 6) is -1.22. The quantitative estimate of drug-likeness (QED) is 0.832. The zero-order chi connectivity index (χ0) is 18.8. The number of alkyl halides is 3. The fourth-order valence-electron chi connectivity index (χ4n) is 1.79. The van der Waals surface area contributed by atoms with E-state index in [9.17, 15) is 26.4 Å². The Morgan fingerprint density at radius 3 is 2.24 bits per heavy atom. The second kappa shape index (κ2) is 6.90. The molecule has 6 nitrogen and oxygen atoms in total. The number of hydrogen-bond donors (Lipinski definition) is 2. The highest BCUT2D eigenvalue weighted by molar-refractivity contribution is 7.89. The first-order valence-corrected chi connectivity index (χ1v) is 8.38. The molecule has 0 aliphatic rings. The molecule has 11 heteroatoms. The molecular weight excluding hydrogens is 385 g/mol. The highest BCUT2D eigenvalue weighted by Crippen LogP contribution is 2.25. The standard InChI is InChI=1S/C14H10ClF3N2O4S/c15-12-6-5-10(25(19,22)23)7-11(12)13(21)20-8-1-3-9(4-2-8)24-14(16,17)18/h1-7H,(H,20,21)(H2,19,22,23). The number of nitrogens with two attached hydrogens (primary N) is 1. The van der Waals surface area contributed by atoms with E-state index in [1.165, 1.54) is 18.2 Å². The van der Waals surface area contributed by atoms with E-state index in [1.54, 1.807) is 0 Å². The summed E-state index contributed by atoms with van der Waals surface area (Å²) in [6.07, 6.45) is -4.83. The second-order valence-corrected chi connectivity index (χ2v) is 6.68. The third-order valence-corrected chi connectivity index (χ3v) is 4.10. The monoisotopic (exact) mass is 394 g/mol. The van der Waals surface area contributed by atoms with Gasteiger partial charge in [-0.3, -0.25) is 4.79 Å². The van der Waals surface area contributed by atoms with Crippen molar-refractivity contribution in [2.45, 2.75) is 11.3 Å². The Labute approximate surface area is 145 Å². The van der Waals surface area contributed by atoms with Crippen molar-refractivity contribution >= 4 is 33.2 Å². The number of anilines is 1. The summed E-state index contributed by atoms with van der Waals surface area (Å²) in [4.78, 5) is 11.9. The van der Waals surface area contributed by atoms with E-state index < -0.39 is 28.0 Å². The highest BCUT2D eigenvalue weighted by Gasteiger charge is 2.31. The molecular formula is C14H10ClF3N2O4S. The molecule has 0 aromatic heterocycles. The van der Waals surface area contributed by atoms with Crippen molar-refractivity contribution in [3.8, 4) is 5.75 Å². The first-order valence-electron chi connectivity index (χ1n) is 6.45. The van der Waals surface area contributed by atoms with Crippen molar-refractivity contribution in [2.24, 2.45) is 5.14 Å². The van der Waals surface area contributed by atoms with Gasteiger partial charge in [0.25, 0.3) is 5.91 Å². The summed E-state index contributed by atoms with van der Waals surface area (Å²) >= 11 is 5.86. The third-order valence-electron chi connectivity index (χ3n) is 2.86. The minimum absolute atomic E-state index is 0.0260. The van der Waals surface area contributed by atoms with Crippen LogP contribution in [0, 0.1) is 0 Å². The molecule has 0 fully saturated rings. The van der Waals surface area contributed by atoms with Crippen molar-refractivity contribution in [3.05, 3.63) is 53.1 Å². The van der Waals surface area contributed by atoms with Crippen LogP contribution < -0.4 is 15.2 Å². The average molecular weight is 395 g/mol. The van der Waals surface area contributed by atoms with Gasteiger partial charge in [0.1, 0.15) is 5.75 Å². The molecule has 134 valence electrons. The van der Waals surface area contributed by atoms with Crippen LogP contribution >= 0.6 is 11.6 Å². The van der Waals surface area contributed by atoms with Gasteiger partial charge in [-0.25, -0.2) is 13.6 Å². The Morgan fingerprint density at radius 2 is 1.72 bits per heavy atom. The lowest BCUT2D eigenvalue weighted by molar-refractivity contribution is -0.274. The number of hydrogen-bond acceptors (Lipinski definition) is 4. The molecule has 0 unspecified atom stereocenters. The van der Waals surface area contributed by atoms with Crippen molar-refractivity contribution in [1.82, 2.24) is 0 Å². The van der Waals surface area contributed by atoms with E-state index >= 15 is 0 Å². The first-order chi connectivity index (χ1) is 11.5. The van der Waals surface area contributed by atoms with Crippen LogP contribution in [0.25, 0.3) is 0 Å². The molecule has 0 spiro atoms. The average Bonchev–Trinajstić information content (AvgIpc) is 2.47. The second-order valence-electron chi connectivity index (χ2n) is 4.71. The van der Waals surface area contributed by atoms with E-state index in [1.807, 2.05) is 0 Å². The van der Waals surface area contributed by atoms with Crippen LogP contribution in [0.1, 0.15) is 10.4 Å². The normalized spacial score (nSPS) is 11.9. The van der Waals surface area contributed by atoms with Gasteiger partial charge in [-0.2, -0.15) is 0 Å². The summed E-state index contributed by atoms with van der Waals surface area (Å²) in [5.41, 5.74) is -0.0135. The fraction of sp³-hybridized carbons (Fsp3) is 0.0714. The maximum atomic E-state index is 12.2. The van der Waals surface area contributed by atoms with E-state index in [4.69, 9.17) is 16.7 Å². The fourth-order valence-corrected chi connectivity index (χ4v) is 2.54. The van der Waals surface area contributed by atoms with E-state index in [0.717, 1.165) is 24.3 Å². The molecule has 25 heavy (non-hydrogen) atoms. The van der Waals surface area contributed by atoms with Crippen molar-refractivity contribution in [2.75, 3.05) is 5.32 Å². The summed E-state index contributed by atoms with van der Waals surface area (Å²) in [6, 6.07) is 7.69. The van der Waals surface area contributed by atoms with Crippen LogP contribution in [-0.2, 0) is 10.0 Å². The molecule has 1 amide bonds. The molecule has 3 N–H and O–H groups in total. The molecule has 0 heterocycles. The van der Waals surface area contributed by atoms with Crippen molar-refractivity contribution in [1.29, 1.82) is 0 Å². The van der Waals surface area contributed by atoms with Gasteiger partial charge >= 0.3 is 6.36 Å². The first kappa shape index (κ1) is 19.0. The van der Waals surface area contributed by atoms with E-state index in [0.29, 0.717) is 0 Å². The van der Waals surface area contributed by atoms with Crippen LogP contribution in [0.2, 0.25) is 5.02 Å². The summed E-state index contributed by atoms with van der Waals surface area (Å²) in [7, 11) is -4.03. The lowest BCUT2D eigenvalue weighted by Gasteiger charge is -2.11. The topological polar surface area (TPSA) is 98.5 Å². The summed E-state index contributed by atoms with van der Waals surface area (Å²) < 4.78 is 62.6. The Hall–Kier alpha value is -2.30. The number of benzene rings is 2. The molecule has 0 aliphatic heterocycles. The molecule has 2 rings (SSSR count). The van der Waals surface area contributed by atoms with Gasteiger partial charge < -0.3 is 10.1 Å². The number of carbonyl (C=O) groups is 1. The Kier molecular flexibility index (Phi) is 5.26. The smallest absolute Gasteiger partial charge is 0.406 e. The molecule has 0 saturated heterocycles. The van der Waals surface area contributed by atoms with Gasteiger partial charge in [0, 0.05) is 5.69 Å². The van der Waals surface area contributed by atoms with Crippen LogP contribution in [0.4, 0.5) is 18.9 Å². The number of sulfonamides is 1. The van der Waals surface area contributed by atoms with Gasteiger partial charge in [0.15, 0.2) is 0 Å². The van der Waals surface area contributed by atoms with Gasteiger partial charge in [-0.15, -0.1) is 13.2 Å². The van der Waals surface area contributed by atoms with Gasteiger partial charge in [0.05, 0.1) is 15.5 Å². The summed E-state index contributed by atoms with van der Waals surface area (Å²) in [5, 5.41) is 7.33. The zero-order valence-corrected chi connectivity index (χ0v) is 13.7. The van der Waals surface area contributed by atoms with E-state index in [-0.39, 0.29) is 21.2 Å². The molecule has 2 aromatic carbocycles. The third kappa shape index (κ3) is 5.34. The number of nitrogens with one attached hydrogen (secondary N) is 1. The number of carbonyl (C=O) groups excluding carboxylic acids is 1. The number of primary sulfonamides is 1. The molecule has 0 atom stereocenters. The molecule has 0 saturated carbocycles. The number of ether oxygens (including phenoxy) is 1.